The lowest BCUT2D eigenvalue weighted by Crippen LogP contribution is -2.24. The van der Waals surface area contributed by atoms with E-state index in [1.165, 1.54) is 63.0 Å². The van der Waals surface area contributed by atoms with Crippen molar-refractivity contribution in [3.05, 3.63) is 123 Å². The van der Waals surface area contributed by atoms with E-state index in [2.05, 4.69) is 146 Å². The van der Waals surface area contributed by atoms with Gasteiger partial charge in [0.1, 0.15) is 0 Å². The lowest BCUT2D eigenvalue weighted by atomic mass is 9.72. The molecule has 4 aromatic carbocycles. The minimum Gasteiger partial charge on any atom is -0.381 e. The predicted octanol–water partition coefficient (Wildman–Crippen LogP) is 11.0. The second-order valence-corrected chi connectivity index (χ2v) is 16.4. The highest BCUT2D eigenvalue weighted by atomic mass is 14.9. The number of benzene rings is 4. The van der Waals surface area contributed by atoms with Gasteiger partial charge in [0, 0.05) is 17.6 Å². The molecule has 1 unspecified atom stereocenters. The molecule has 0 radical (unpaired) electrons. The molecule has 0 amide bonds. The highest BCUT2D eigenvalue weighted by Crippen LogP contribution is 2.57. The summed E-state index contributed by atoms with van der Waals surface area (Å²) in [5.74, 6) is 0. The molecule has 1 atom stereocenters. The lowest BCUT2D eigenvalue weighted by molar-refractivity contribution is 0.509. The van der Waals surface area contributed by atoms with E-state index in [4.69, 9.17) is 0 Å². The SMILES string of the molecule is CC(C)(C)c1ccc(CNc2cccc3c2C2(CC3)CCc3cccc(-c4cc(C(C)(C)C)cc(C(C)(C)C)c4)c32)cc1. The zero-order chi connectivity index (χ0) is 30.8. The molecule has 1 nitrogen and oxygen atoms in total. The van der Waals surface area contributed by atoms with Gasteiger partial charge in [0.25, 0.3) is 0 Å². The van der Waals surface area contributed by atoms with Crippen LogP contribution in [0.5, 0.6) is 0 Å². The number of hydrogen-bond acceptors (Lipinski definition) is 1. The van der Waals surface area contributed by atoms with Crippen LogP contribution >= 0.6 is 0 Å². The van der Waals surface area contributed by atoms with E-state index in [0.717, 1.165) is 19.4 Å². The fourth-order valence-electron chi connectivity index (χ4n) is 7.55. The summed E-state index contributed by atoms with van der Waals surface area (Å²) in [6.45, 7) is 21.8. The zero-order valence-corrected chi connectivity index (χ0v) is 28.0. The van der Waals surface area contributed by atoms with Gasteiger partial charge in [0.2, 0.25) is 0 Å². The van der Waals surface area contributed by atoms with Crippen molar-refractivity contribution >= 4 is 5.69 Å². The van der Waals surface area contributed by atoms with Crippen molar-refractivity contribution in [3.63, 3.8) is 0 Å². The molecule has 0 fully saturated rings. The third kappa shape index (κ3) is 5.45. The first-order valence-corrected chi connectivity index (χ1v) is 16.4. The van der Waals surface area contributed by atoms with Crippen LogP contribution in [0.1, 0.15) is 120 Å². The number of rotatable bonds is 4. The Kier molecular flexibility index (Phi) is 7.19. The summed E-state index contributed by atoms with van der Waals surface area (Å²) in [6.07, 6.45) is 4.68. The summed E-state index contributed by atoms with van der Waals surface area (Å²) < 4.78 is 0. The molecule has 0 heterocycles. The Bertz CT molecular complexity index is 1610. The van der Waals surface area contributed by atoms with Crippen LogP contribution in [0.3, 0.4) is 0 Å². The van der Waals surface area contributed by atoms with E-state index in [1.807, 2.05) is 0 Å². The Labute approximate surface area is 261 Å². The lowest BCUT2D eigenvalue weighted by Gasteiger charge is -2.32. The molecule has 4 aromatic rings. The van der Waals surface area contributed by atoms with Crippen molar-refractivity contribution in [1.82, 2.24) is 0 Å². The summed E-state index contributed by atoms with van der Waals surface area (Å²) >= 11 is 0. The largest absolute Gasteiger partial charge is 0.381 e. The summed E-state index contributed by atoms with van der Waals surface area (Å²) in [4.78, 5) is 0. The Balaban J connectivity index is 1.44. The first-order valence-electron chi connectivity index (χ1n) is 16.4. The van der Waals surface area contributed by atoms with E-state index in [-0.39, 0.29) is 21.7 Å². The van der Waals surface area contributed by atoms with Crippen molar-refractivity contribution in [3.8, 4) is 11.1 Å². The summed E-state index contributed by atoms with van der Waals surface area (Å²) in [5.41, 5.74) is 16.3. The quantitative estimate of drug-likeness (QED) is 0.258. The Morgan fingerprint density at radius 3 is 1.67 bits per heavy atom. The van der Waals surface area contributed by atoms with E-state index in [0.29, 0.717) is 0 Å². The molecule has 224 valence electrons. The number of hydrogen-bond donors (Lipinski definition) is 1. The molecule has 0 aromatic heterocycles. The topological polar surface area (TPSA) is 12.0 Å². The molecule has 43 heavy (non-hydrogen) atoms. The third-order valence-corrected chi connectivity index (χ3v) is 10.2. The van der Waals surface area contributed by atoms with Gasteiger partial charge in [0.15, 0.2) is 0 Å². The first-order chi connectivity index (χ1) is 20.2. The van der Waals surface area contributed by atoms with Crippen LogP contribution in [-0.4, -0.2) is 0 Å². The first kappa shape index (κ1) is 29.7. The fraction of sp³-hybridized carbons (Fsp3) is 0.429. The second-order valence-electron chi connectivity index (χ2n) is 16.4. The van der Waals surface area contributed by atoms with Gasteiger partial charge in [-0.3, -0.25) is 0 Å². The molecular formula is C42H51N. The van der Waals surface area contributed by atoms with Crippen molar-refractivity contribution in [2.24, 2.45) is 0 Å². The molecule has 1 N–H and O–H groups in total. The average molecular weight is 570 g/mol. The molecule has 1 heteroatoms. The molecule has 0 aliphatic heterocycles. The van der Waals surface area contributed by atoms with Gasteiger partial charge >= 0.3 is 0 Å². The number of aryl methyl sites for hydroxylation is 2. The zero-order valence-electron chi connectivity index (χ0n) is 28.0. The van der Waals surface area contributed by atoms with Gasteiger partial charge in [-0.05, 0) is 104 Å². The summed E-state index contributed by atoms with van der Waals surface area (Å²) in [5, 5.41) is 3.92. The van der Waals surface area contributed by atoms with Crippen molar-refractivity contribution in [2.75, 3.05) is 5.32 Å². The van der Waals surface area contributed by atoms with Crippen LogP contribution in [0.2, 0.25) is 0 Å². The minimum atomic E-state index is 0.0561. The van der Waals surface area contributed by atoms with Crippen LogP contribution in [-0.2, 0) is 41.0 Å². The maximum absolute atomic E-state index is 3.92. The van der Waals surface area contributed by atoms with Crippen molar-refractivity contribution in [1.29, 1.82) is 0 Å². The van der Waals surface area contributed by atoms with E-state index in [9.17, 15) is 0 Å². The molecule has 0 saturated heterocycles. The predicted molar refractivity (Wildman–Crippen MR) is 186 cm³/mol. The fourth-order valence-corrected chi connectivity index (χ4v) is 7.55. The maximum Gasteiger partial charge on any atom is 0.0400 e. The van der Waals surface area contributed by atoms with Gasteiger partial charge in [-0.1, -0.05) is 135 Å². The maximum atomic E-state index is 3.92. The molecule has 0 saturated carbocycles. The minimum absolute atomic E-state index is 0.0561. The van der Waals surface area contributed by atoms with Gasteiger partial charge in [-0.25, -0.2) is 0 Å². The Morgan fingerprint density at radius 2 is 1.12 bits per heavy atom. The number of nitrogens with one attached hydrogen (secondary N) is 1. The standard InChI is InChI=1S/C42H51N/c1-39(2,3)32-18-16-28(17-19-32)27-43-36-15-11-13-30-21-23-42(38(30)36)22-20-29-12-10-14-35(37(29)42)31-24-33(40(4,5)6)26-34(25-31)41(7,8)9/h10-19,24-26,43H,20-23,27H2,1-9H3. The molecule has 2 aliphatic rings. The van der Waals surface area contributed by atoms with Crippen molar-refractivity contribution < 1.29 is 0 Å². The smallest absolute Gasteiger partial charge is 0.0400 e. The van der Waals surface area contributed by atoms with E-state index < -0.39 is 0 Å². The van der Waals surface area contributed by atoms with Crippen LogP contribution in [0.15, 0.2) is 78.9 Å². The van der Waals surface area contributed by atoms with Gasteiger partial charge in [0.05, 0.1) is 0 Å². The van der Waals surface area contributed by atoms with Gasteiger partial charge in [-0.2, -0.15) is 0 Å². The van der Waals surface area contributed by atoms with Crippen LogP contribution < -0.4 is 5.32 Å². The van der Waals surface area contributed by atoms with Crippen LogP contribution in [0, 0.1) is 0 Å². The highest BCUT2D eigenvalue weighted by Gasteiger charge is 2.47. The summed E-state index contributed by atoms with van der Waals surface area (Å²) in [7, 11) is 0. The van der Waals surface area contributed by atoms with Gasteiger partial charge < -0.3 is 5.32 Å². The van der Waals surface area contributed by atoms with Crippen LogP contribution in [0.25, 0.3) is 11.1 Å². The van der Waals surface area contributed by atoms with Gasteiger partial charge in [-0.15, -0.1) is 0 Å². The molecule has 6 rings (SSSR count). The van der Waals surface area contributed by atoms with E-state index >= 15 is 0 Å². The monoisotopic (exact) mass is 569 g/mol. The average Bonchev–Trinajstić information content (AvgIpc) is 3.52. The van der Waals surface area contributed by atoms with E-state index in [1.54, 1.807) is 11.1 Å². The molecule has 2 aliphatic carbocycles. The van der Waals surface area contributed by atoms with Crippen molar-refractivity contribution in [2.45, 2.75) is 116 Å². The number of anilines is 1. The number of fused-ring (bicyclic) bond motifs is 4. The highest BCUT2D eigenvalue weighted by molar-refractivity contribution is 5.77. The second kappa shape index (κ2) is 10.4. The normalized spacial score (nSPS) is 18.2. The molecular weight excluding hydrogens is 518 g/mol. The summed E-state index contributed by atoms with van der Waals surface area (Å²) in [6, 6.07) is 30.7. The Morgan fingerprint density at radius 1 is 0.581 bits per heavy atom. The molecule has 0 bridgehead atoms. The third-order valence-electron chi connectivity index (χ3n) is 10.2. The Hall–Kier alpha value is -3.32. The molecule has 1 spiro atoms. The van der Waals surface area contributed by atoms with Crippen LogP contribution in [0.4, 0.5) is 5.69 Å².